The average molecular weight is 479 g/mol. The highest BCUT2D eigenvalue weighted by Gasteiger charge is 2.30. The largest absolute Gasteiger partial charge is 0.350 e. The van der Waals surface area contributed by atoms with Crippen molar-refractivity contribution < 1.29 is 4.79 Å². The Morgan fingerprint density at radius 1 is 1.19 bits per heavy atom. The number of nitrogens with zero attached hydrogens (tertiary/aromatic N) is 2. The number of halogens is 2. The highest BCUT2D eigenvalue weighted by atomic mass is 35.5. The van der Waals surface area contributed by atoms with Crippen molar-refractivity contribution in [1.82, 2.24) is 15.1 Å². The number of fused-ring (bicyclic) bond motifs is 3. The molecule has 0 bridgehead atoms. The van der Waals surface area contributed by atoms with Gasteiger partial charge in [0.1, 0.15) is 0 Å². The molecule has 3 rings (SSSR count). The van der Waals surface area contributed by atoms with E-state index in [1.165, 1.54) is 24.8 Å². The van der Waals surface area contributed by atoms with Crippen LogP contribution in [0.15, 0.2) is 18.2 Å². The van der Waals surface area contributed by atoms with E-state index in [1.807, 2.05) is 16.8 Å². The van der Waals surface area contributed by atoms with Gasteiger partial charge in [-0.25, -0.2) is 0 Å². The topological polar surface area (TPSA) is 46.9 Å². The van der Waals surface area contributed by atoms with E-state index in [4.69, 9.17) is 28.3 Å². The Bertz CT molecular complexity index is 905. The summed E-state index contributed by atoms with van der Waals surface area (Å²) in [7, 11) is 0. The predicted octanol–water partition coefficient (Wildman–Crippen LogP) is 7.10. The second kappa shape index (κ2) is 12.1. The maximum Gasteiger partial charge on any atom is 0.272 e. The zero-order chi connectivity index (χ0) is 23.1. The van der Waals surface area contributed by atoms with Gasteiger partial charge in [0.05, 0.1) is 5.69 Å². The van der Waals surface area contributed by atoms with Crippen molar-refractivity contribution in [1.29, 1.82) is 0 Å². The number of amides is 1. The summed E-state index contributed by atoms with van der Waals surface area (Å²) in [6, 6.07) is 5.99. The Labute approximate surface area is 203 Å². The van der Waals surface area contributed by atoms with Gasteiger partial charge in [-0.3, -0.25) is 9.48 Å². The Kier molecular flexibility index (Phi) is 9.48. The van der Waals surface area contributed by atoms with Gasteiger partial charge in [-0.15, -0.1) is 11.6 Å². The van der Waals surface area contributed by atoms with E-state index in [0.717, 1.165) is 60.0 Å². The third kappa shape index (κ3) is 6.08. The van der Waals surface area contributed by atoms with E-state index in [-0.39, 0.29) is 5.91 Å². The molecule has 1 aromatic heterocycles. The van der Waals surface area contributed by atoms with Crippen LogP contribution in [0.2, 0.25) is 5.02 Å². The van der Waals surface area contributed by atoms with Gasteiger partial charge >= 0.3 is 0 Å². The number of hydrogen-bond acceptors (Lipinski definition) is 2. The molecular weight excluding hydrogens is 441 g/mol. The summed E-state index contributed by atoms with van der Waals surface area (Å²) in [6.07, 6.45) is 8.59. The molecule has 1 atom stereocenters. The third-order valence-electron chi connectivity index (χ3n) is 6.79. The molecule has 1 aliphatic rings. The van der Waals surface area contributed by atoms with Crippen LogP contribution in [0, 0.1) is 11.8 Å². The molecule has 0 spiro atoms. The average Bonchev–Trinajstić information content (AvgIpc) is 3.32. The predicted molar refractivity (Wildman–Crippen MR) is 135 cm³/mol. The highest BCUT2D eigenvalue weighted by Crippen LogP contribution is 2.39. The number of carbonyl (C=O) groups is 1. The lowest BCUT2D eigenvalue weighted by molar-refractivity contribution is 0.0940. The molecule has 1 aliphatic carbocycles. The van der Waals surface area contributed by atoms with Crippen LogP contribution in [0.4, 0.5) is 0 Å². The fraction of sp³-hybridized carbons (Fsp3) is 0.615. The number of alkyl halides is 1. The molecule has 176 valence electrons. The van der Waals surface area contributed by atoms with Crippen LogP contribution in [-0.2, 0) is 13.0 Å². The summed E-state index contributed by atoms with van der Waals surface area (Å²) < 4.78 is 2.02. The second-order valence-corrected chi connectivity index (χ2v) is 10.0. The maximum atomic E-state index is 13.1. The lowest BCUT2D eigenvalue weighted by Gasteiger charge is -2.16. The molecule has 0 fully saturated rings. The molecule has 0 aliphatic heterocycles. The normalized spacial score (nSPS) is 13.3. The Morgan fingerprint density at radius 3 is 2.69 bits per heavy atom. The van der Waals surface area contributed by atoms with Crippen LogP contribution in [0.3, 0.4) is 0 Å². The fourth-order valence-electron chi connectivity index (χ4n) is 4.65. The summed E-state index contributed by atoms with van der Waals surface area (Å²) in [5.74, 6) is 1.87. The smallest absolute Gasteiger partial charge is 0.272 e. The van der Waals surface area contributed by atoms with Crippen molar-refractivity contribution in [2.24, 2.45) is 11.8 Å². The van der Waals surface area contributed by atoms with E-state index in [2.05, 4.69) is 32.2 Å². The molecule has 2 aromatic rings. The van der Waals surface area contributed by atoms with Crippen LogP contribution in [0.5, 0.6) is 0 Å². The Balaban J connectivity index is 1.71. The standard InChI is InChI=1S/C26H37Cl2N3O/c1-4-19(5-2)10-9-18(3)17-29-26(32)24-23-16-20-15-21(28)11-12-22(20)25(23)31(30-24)14-8-6-7-13-27/h11-12,15,18-19H,4-10,13-14,16-17H2,1-3H3,(H,29,32). The van der Waals surface area contributed by atoms with Gasteiger partial charge in [-0.05, 0) is 48.8 Å². The number of hydrogen-bond donors (Lipinski definition) is 1. The van der Waals surface area contributed by atoms with E-state index in [0.29, 0.717) is 30.5 Å². The van der Waals surface area contributed by atoms with E-state index in [1.54, 1.807) is 0 Å². The van der Waals surface area contributed by atoms with Gasteiger partial charge in [-0.1, -0.05) is 64.1 Å². The Hall–Kier alpha value is -1.52. The van der Waals surface area contributed by atoms with Gasteiger partial charge in [-0.2, -0.15) is 5.10 Å². The molecule has 1 N–H and O–H groups in total. The first-order chi connectivity index (χ1) is 15.5. The molecule has 6 heteroatoms. The number of aromatic nitrogens is 2. The zero-order valence-corrected chi connectivity index (χ0v) is 21.2. The van der Waals surface area contributed by atoms with Crippen LogP contribution >= 0.6 is 23.2 Å². The summed E-state index contributed by atoms with van der Waals surface area (Å²) in [4.78, 5) is 13.1. The van der Waals surface area contributed by atoms with Crippen LogP contribution in [0.25, 0.3) is 11.3 Å². The summed E-state index contributed by atoms with van der Waals surface area (Å²) in [5, 5.41) is 8.66. The van der Waals surface area contributed by atoms with Gasteiger partial charge in [0.25, 0.3) is 5.91 Å². The quantitative estimate of drug-likeness (QED) is 0.210. The van der Waals surface area contributed by atoms with Crippen molar-refractivity contribution in [2.75, 3.05) is 12.4 Å². The van der Waals surface area contributed by atoms with Crippen LogP contribution in [-0.4, -0.2) is 28.1 Å². The lowest BCUT2D eigenvalue weighted by Crippen LogP contribution is -2.29. The van der Waals surface area contributed by atoms with Gasteiger partial charge < -0.3 is 5.32 Å². The van der Waals surface area contributed by atoms with Crippen molar-refractivity contribution in [3.8, 4) is 11.3 Å². The van der Waals surface area contributed by atoms with Gasteiger partial charge in [0.15, 0.2) is 5.69 Å². The highest BCUT2D eigenvalue weighted by molar-refractivity contribution is 6.30. The molecular formula is C26H37Cl2N3O. The maximum absolute atomic E-state index is 13.1. The van der Waals surface area contributed by atoms with Crippen LogP contribution < -0.4 is 5.32 Å². The first kappa shape index (κ1) is 25.1. The molecule has 0 saturated heterocycles. The lowest BCUT2D eigenvalue weighted by atomic mass is 9.93. The van der Waals surface area contributed by atoms with E-state index < -0.39 is 0 Å². The number of unbranched alkanes of at least 4 members (excludes halogenated alkanes) is 2. The molecule has 1 unspecified atom stereocenters. The summed E-state index contributed by atoms with van der Waals surface area (Å²) >= 11 is 12.1. The first-order valence-electron chi connectivity index (χ1n) is 12.2. The number of rotatable bonds is 13. The number of nitrogens with one attached hydrogen (secondary N) is 1. The third-order valence-corrected chi connectivity index (χ3v) is 7.29. The van der Waals surface area contributed by atoms with Gasteiger partial charge in [0.2, 0.25) is 0 Å². The molecule has 1 heterocycles. The number of aryl methyl sites for hydroxylation is 1. The minimum absolute atomic E-state index is 0.0611. The molecule has 4 nitrogen and oxygen atoms in total. The minimum Gasteiger partial charge on any atom is -0.350 e. The second-order valence-electron chi connectivity index (χ2n) is 9.20. The first-order valence-corrected chi connectivity index (χ1v) is 13.1. The van der Waals surface area contributed by atoms with E-state index in [9.17, 15) is 4.79 Å². The summed E-state index contributed by atoms with van der Waals surface area (Å²) in [6.45, 7) is 8.23. The summed E-state index contributed by atoms with van der Waals surface area (Å²) in [5.41, 5.74) is 4.99. The van der Waals surface area contributed by atoms with Crippen molar-refractivity contribution in [2.45, 2.75) is 78.7 Å². The van der Waals surface area contributed by atoms with E-state index >= 15 is 0 Å². The van der Waals surface area contributed by atoms with Crippen molar-refractivity contribution in [3.05, 3.63) is 40.0 Å². The monoisotopic (exact) mass is 477 g/mol. The minimum atomic E-state index is -0.0611. The van der Waals surface area contributed by atoms with Gasteiger partial charge in [0, 0.05) is 41.5 Å². The van der Waals surface area contributed by atoms with Crippen LogP contribution in [0.1, 0.15) is 87.3 Å². The fourth-order valence-corrected chi connectivity index (χ4v) is 5.03. The molecule has 0 radical (unpaired) electrons. The molecule has 32 heavy (non-hydrogen) atoms. The zero-order valence-electron chi connectivity index (χ0n) is 19.7. The number of carbonyl (C=O) groups excluding carboxylic acids is 1. The van der Waals surface area contributed by atoms with Crippen molar-refractivity contribution in [3.63, 3.8) is 0 Å². The molecule has 0 saturated carbocycles. The SMILES string of the molecule is CCC(CC)CCC(C)CNC(=O)c1nn(CCCCCCl)c2c1Cc1cc(Cl)ccc1-2. The number of benzene rings is 1. The Morgan fingerprint density at radius 2 is 1.97 bits per heavy atom. The van der Waals surface area contributed by atoms with Crippen molar-refractivity contribution >= 4 is 29.1 Å². The molecule has 1 aromatic carbocycles. The molecule has 1 amide bonds.